The van der Waals surface area contributed by atoms with Crippen molar-refractivity contribution in [2.75, 3.05) is 5.32 Å². The average molecular weight is 405 g/mol. The number of aromatic nitrogens is 2. The van der Waals surface area contributed by atoms with Gasteiger partial charge in [0.2, 0.25) is 0 Å². The van der Waals surface area contributed by atoms with E-state index in [-0.39, 0.29) is 11.4 Å². The van der Waals surface area contributed by atoms with Gasteiger partial charge in [-0.25, -0.2) is 9.98 Å². The van der Waals surface area contributed by atoms with Crippen LogP contribution in [0.15, 0.2) is 53.1 Å². The molecule has 1 amide bonds. The van der Waals surface area contributed by atoms with E-state index < -0.39 is 17.6 Å². The maximum atomic E-state index is 12.8. The first-order chi connectivity index (χ1) is 13.1. The third-order valence-electron chi connectivity index (χ3n) is 3.73. The highest BCUT2D eigenvalue weighted by Crippen LogP contribution is 2.32. The van der Waals surface area contributed by atoms with Crippen LogP contribution in [0.5, 0.6) is 5.75 Å². The van der Waals surface area contributed by atoms with E-state index in [1.165, 1.54) is 23.9 Å². The Hall–Kier alpha value is -3.01. The Morgan fingerprint density at radius 1 is 1.32 bits per heavy atom. The van der Waals surface area contributed by atoms with E-state index in [0.717, 1.165) is 6.20 Å². The zero-order valence-corrected chi connectivity index (χ0v) is 15.8. The van der Waals surface area contributed by atoms with Crippen LogP contribution in [0, 0.1) is 0 Å². The molecule has 0 aromatic carbocycles. The molecule has 2 aromatic rings. The minimum absolute atomic E-state index is 0.0487. The van der Waals surface area contributed by atoms with E-state index in [9.17, 15) is 13.6 Å². The van der Waals surface area contributed by atoms with Crippen molar-refractivity contribution >= 4 is 28.5 Å². The first-order valence-electron chi connectivity index (χ1n) is 8.15. The van der Waals surface area contributed by atoms with Crippen molar-refractivity contribution in [1.82, 2.24) is 9.97 Å². The molecule has 1 aliphatic heterocycles. The summed E-state index contributed by atoms with van der Waals surface area (Å²) in [6.45, 7) is 2.47. The average Bonchev–Trinajstić information content (AvgIpc) is 2.61. The summed E-state index contributed by atoms with van der Waals surface area (Å²) in [4.78, 5) is 25.0. The summed E-state index contributed by atoms with van der Waals surface area (Å²) < 4.78 is 30.1. The number of pyridine rings is 2. The number of nitrogens with two attached hydrogens (primary N) is 1. The first kappa shape index (κ1) is 19.7. The van der Waals surface area contributed by atoms with Crippen LogP contribution in [0.4, 0.5) is 14.5 Å². The molecule has 1 atom stereocenters. The second kappa shape index (κ2) is 7.55. The lowest BCUT2D eigenvalue weighted by molar-refractivity contribution is -0.159. The molecule has 0 radical (unpaired) electrons. The van der Waals surface area contributed by atoms with Gasteiger partial charge in [0.1, 0.15) is 17.0 Å². The number of hydrogen-bond acceptors (Lipinski definition) is 7. The molecular formula is C18H17F2N5O2S. The van der Waals surface area contributed by atoms with Gasteiger partial charge in [0.05, 0.1) is 11.9 Å². The van der Waals surface area contributed by atoms with Crippen LogP contribution < -0.4 is 15.8 Å². The van der Waals surface area contributed by atoms with Gasteiger partial charge in [-0.05, 0) is 42.7 Å². The molecule has 0 saturated carbocycles. The lowest BCUT2D eigenvalue weighted by Crippen LogP contribution is -2.25. The summed E-state index contributed by atoms with van der Waals surface area (Å²) in [7, 11) is 0. The monoisotopic (exact) mass is 405 g/mol. The number of carbonyl (C=O) groups is 1. The van der Waals surface area contributed by atoms with Crippen LogP contribution in [0.3, 0.4) is 0 Å². The molecule has 1 aliphatic rings. The Morgan fingerprint density at radius 3 is 2.75 bits per heavy atom. The third kappa shape index (κ3) is 4.83. The van der Waals surface area contributed by atoms with Gasteiger partial charge in [-0.15, -0.1) is 0 Å². The van der Waals surface area contributed by atoms with Crippen molar-refractivity contribution in [2.45, 2.75) is 25.5 Å². The largest absolute Gasteiger partial charge is 0.431 e. The van der Waals surface area contributed by atoms with Crippen molar-refractivity contribution in [3.8, 4) is 5.75 Å². The predicted molar refractivity (Wildman–Crippen MR) is 103 cm³/mol. The van der Waals surface area contributed by atoms with E-state index in [4.69, 9.17) is 5.73 Å². The normalized spacial score (nSPS) is 19.1. The van der Waals surface area contributed by atoms with Gasteiger partial charge in [-0.2, -0.15) is 8.78 Å². The lowest BCUT2D eigenvalue weighted by atomic mass is 9.98. The minimum Gasteiger partial charge on any atom is -0.431 e. The summed E-state index contributed by atoms with van der Waals surface area (Å²) in [5.41, 5.74) is 6.19. The smallest absolute Gasteiger partial charge is 0.394 e. The Bertz CT molecular complexity index is 944. The van der Waals surface area contributed by atoms with Gasteiger partial charge in [-0.3, -0.25) is 9.78 Å². The molecule has 7 nitrogen and oxygen atoms in total. The van der Waals surface area contributed by atoms with Crippen LogP contribution in [0.2, 0.25) is 0 Å². The zero-order chi connectivity index (χ0) is 20.4. The van der Waals surface area contributed by atoms with E-state index in [0.29, 0.717) is 23.5 Å². The third-order valence-corrected chi connectivity index (χ3v) is 4.33. The highest BCUT2D eigenvalue weighted by molar-refractivity contribution is 8.16. The Balaban J connectivity index is 1.74. The number of nitrogens with zero attached hydrogens (tertiary/aromatic N) is 3. The number of halogens is 2. The second-order valence-corrected chi connectivity index (χ2v) is 7.12. The molecule has 3 N–H and O–H groups in total. The van der Waals surface area contributed by atoms with Crippen molar-refractivity contribution in [2.24, 2.45) is 10.7 Å². The molecule has 3 heterocycles. The number of hydrogen-bond donors (Lipinski definition) is 2. The van der Waals surface area contributed by atoms with Crippen LogP contribution >= 0.6 is 11.8 Å². The molecule has 0 fully saturated rings. The number of rotatable bonds is 5. The van der Waals surface area contributed by atoms with E-state index >= 15 is 0 Å². The highest BCUT2D eigenvalue weighted by atomic mass is 32.2. The molecule has 0 bridgehead atoms. The highest BCUT2D eigenvalue weighted by Gasteiger charge is 2.27. The van der Waals surface area contributed by atoms with Crippen LogP contribution in [0.25, 0.3) is 0 Å². The molecule has 0 spiro atoms. The first-order valence-corrected chi connectivity index (χ1v) is 9.03. The molecule has 2 aromatic heterocycles. The summed E-state index contributed by atoms with van der Waals surface area (Å²) >= 11 is 1.32. The van der Waals surface area contributed by atoms with Gasteiger partial charge in [0, 0.05) is 18.8 Å². The molecule has 0 unspecified atom stereocenters. The van der Waals surface area contributed by atoms with Crippen molar-refractivity contribution in [3.63, 3.8) is 0 Å². The SMILES string of the molecule is CC(F)(F)Oc1ccc(C(=O)Nc2ccnc([C@]3(C)C=CSC(N)=N3)c2)nc1. The Kier molecular flexibility index (Phi) is 5.32. The number of nitrogens with one attached hydrogen (secondary N) is 1. The fourth-order valence-electron chi connectivity index (χ4n) is 2.43. The van der Waals surface area contributed by atoms with Gasteiger partial charge >= 0.3 is 6.11 Å². The number of thioether (sulfide) groups is 1. The van der Waals surface area contributed by atoms with Crippen molar-refractivity contribution in [3.05, 3.63) is 59.5 Å². The van der Waals surface area contributed by atoms with E-state index in [2.05, 4.69) is 25.0 Å². The van der Waals surface area contributed by atoms with Gasteiger partial charge in [0.15, 0.2) is 5.17 Å². The van der Waals surface area contributed by atoms with Gasteiger partial charge < -0.3 is 15.8 Å². The van der Waals surface area contributed by atoms with Gasteiger partial charge in [0.25, 0.3) is 5.91 Å². The number of aliphatic imine (C=N–C) groups is 1. The number of amidine groups is 1. The molecular weight excluding hydrogens is 388 g/mol. The second-order valence-electron chi connectivity index (χ2n) is 6.19. The lowest BCUT2D eigenvalue weighted by Gasteiger charge is -2.24. The van der Waals surface area contributed by atoms with Crippen molar-refractivity contribution < 1.29 is 18.3 Å². The molecule has 3 rings (SSSR count). The topological polar surface area (TPSA) is 102 Å². The van der Waals surface area contributed by atoms with Gasteiger partial charge in [-0.1, -0.05) is 11.8 Å². The molecule has 0 aliphatic carbocycles. The zero-order valence-electron chi connectivity index (χ0n) is 15.0. The summed E-state index contributed by atoms with van der Waals surface area (Å²) in [6.07, 6.45) is 1.15. The maximum Gasteiger partial charge on any atom is 0.394 e. The molecule has 146 valence electrons. The predicted octanol–water partition coefficient (Wildman–Crippen LogP) is 3.51. The fraction of sp³-hybridized carbons (Fsp3) is 0.222. The fourth-order valence-corrected chi connectivity index (χ4v) is 3.15. The summed E-state index contributed by atoms with van der Waals surface area (Å²) in [5.74, 6) is -0.643. The number of alkyl halides is 2. The van der Waals surface area contributed by atoms with Crippen LogP contribution in [-0.2, 0) is 5.54 Å². The number of anilines is 1. The van der Waals surface area contributed by atoms with Crippen LogP contribution in [-0.4, -0.2) is 27.2 Å². The number of amides is 1. The molecule has 28 heavy (non-hydrogen) atoms. The molecule has 10 heteroatoms. The summed E-state index contributed by atoms with van der Waals surface area (Å²) in [6, 6.07) is 5.85. The van der Waals surface area contributed by atoms with E-state index in [1.54, 1.807) is 18.3 Å². The van der Waals surface area contributed by atoms with Crippen molar-refractivity contribution in [1.29, 1.82) is 0 Å². The van der Waals surface area contributed by atoms with E-state index in [1.807, 2.05) is 18.4 Å². The summed E-state index contributed by atoms with van der Waals surface area (Å²) in [5, 5.41) is 4.95. The minimum atomic E-state index is -3.33. The number of carbonyl (C=O) groups excluding carboxylic acids is 1. The Labute approximate surface area is 164 Å². The maximum absolute atomic E-state index is 12.8. The molecule has 0 saturated heterocycles. The standard InChI is InChI=1S/C18H17F2N5O2S/c1-17(6-8-28-16(21)25-17)14-9-11(5-7-22-14)24-15(26)13-4-3-12(10-23-13)27-18(2,19)20/h3-10H,1-2H3,(H2,21,25)(H,22,24,26)/t17-/m0/s1. The Morgan fingerprint density at radius 2 is 2.11 bits per heavy atom. The van der Waals surface area contributed by atoms with Crippen LogP contribution in [0.1, 0.15) is 30.0 Å². The quantitative estimate of drug-likeness (QED) is 0.789. The number of ether oxygens (including phenoxy) is 1.